The van der Waals surface area contributed by atoms with E-state index in [9.17, 15) is 9.59 Å². The molecule has 0 unspecified atom stereocenters. The van der Waals surface area contributed by atoms with Gasteiger partial charge in [-0.1, -0.05) is 24.3 Å². The van der Waals surface area contributed by atoms with Crippen molar-refractivity contribution in [3.63, 3.8) is 0 Å². The summed E-state index contributed by atoms with van der Waals surface area (Å²) in [6.45, 7) is 2.82. The third-order valence-electron chi connectivity index (χ3n) is 4.47. The van der Waals surface area contributed by atoms with Gasteiger partial charge >= 0.3 is 6.03 Å². The van der Waals surface area contributed by atoms with Gasteiger partial charge < -0.3 is 10.2 Å². The molecule has 1 atom stereocenters. The highest BCUT2D eigenvalue weighted by molar-refractivity contribution is 7.09. The minimum Gasteiger partial charge on any atom is -0.359 e. The number of nitrogens with zero attached hydrogens (tertiary/aromatic N) is 1. The number of aryl methyl sites for hydroxylation is 1. The number of anilines is 1. The second kappa shape index (κ2) is 8.16. The van der Waals surface area contributed by atoms with E-state index in [0.29, 0.717) is 6.54 Å². The van der Waals surface area contributed by atoms with Gasteiger partial charge in [0.1, 0.15) is 0 Å². The van der Waals surface area contributed by atoms with Crippen molar-refractivity contribution in [2.24, 2.45) is 0 Å². The van der Waals surface area contributed by atoms with Crippen LogP contribution in [0.25, 0.3) is 0 Å². The molecule has 0 bridgehead atoms. The lowest BCUT2D eigenvalue weighted by Crippen LogP contribution is -2.48. The largest absolute Gasteiger partial charge is 0.359 e. The van der Waals surface area contributed by atoms with Crippen LogP contribution in [0.5, 0.6) is 0 Å². The van der Waals surface area contributed by atoms with E-state index in [4.69, 9.17) is 0 Å². The van der Waals surface area contributed by atoms with E-state index in [1.807, 2.05) is 35.7 Å². The Morgan fingerprint density at radius 1 is 1.24 bits per heavy atom. The first-order valence-corrected chi connectivity index (χ1v) is 9.46. The molecule has 0 saturated carbocycles. The molecule has 2 aromatic rings. The maximum Gasteiger partial charge on any atom is 0.321 e. The van der Waals surface area contributed by atoms with Gasteiger partial charge in [-0.25, -0.2) is 4.79 Å². The third kappa shape index (κ3) is 4.60. The Bertz CT molecular complexity index is 730. The zero-order chi connectivity index (χ0) is 17.6. The molecule has 2 N–H and O–H groups in total. The minimum absolute atomic E-state index is 0.191. The van der Waals surface area contributed by atoms with E-state index in [1.54, 1.807) is 11.3 Å². The highest BCUT2D eigenvalue weighted by Crippen LogP contribution is 2.29. The van der Waals surface area contributed by atoms with Crippen LogP contribution in [0.1, 0.15) is 23.8 Å². The van der Waals surface area contributed by atoms with Crippen molar-refractivity contribution < 1.29 is 9.59 Å². The number of urea groups is 1. The van der Waals surface area contributed by atoms with Gasteiger partial charge in [-0.2, -0.15) is 0 Å². The molecule has 6 heteroatoms. The molecule has 132 valence electrons. The number of nitrogens with one attached hydrogen (secondary N) is 2. The molecule has 0 saturated heterocycles. The second-order valence-corrected chi connectivity index (χ2v) is 7.31. The molecule has 5 nitrogen and oxygen atoms in total. The lowest BCUT2D eigenvalue weighted by atomic mass is 9.97. The summed E-state index contributed by atoms with van der Waals surface area (Å²) in [4.78, 5) is 27.4. The first kappa shape index (κ1) is 17.5. The molecular formula is C19H23N3O2S. The first-order valence-electron chi connectivity index (χ1n) is 8.58. The third-order valence-corrected chi connectivity index (χ3v) is 5.40. The predicted octanol–water partition coefficient (Wildman–Crippen LogP) is 2.96. The van der Waals surface area contributed by atoms with Crippen LogP contribution < -0.4 is 15.5 Å². The summed E-state index contributed by atoms with van der Waals surface area (Å²) in [6, 6.07) is 12.0. The number of benzene rings is 1. The highest BCUT2D eigenvalue weighted by atomic mass is 32.1. The Balaban J connectivity index is 1.49. The molecule has 3 amide bonds. The summed E-state index contributed by atoms with van der Waals surface area (Å²) < 4.78 is 0. The van der Waals surface area contributed by atoms with Gasteiger partial charge in [0.25, 0.3) is 0 Å². The number of carbonyl (C=O) groups is 2. The Labute approximate surface area is 152 Å². The first-order chi connectivity index (χ1) is 12.1. The van der Waals surface area contributed by atoms with Crippen LogP contribution in [0.2, 0.25) is 0 Å². The fourth-order valence-electron chi connectivity index (χ4n) is 3.12. The molecule has 0 spiro atoms. The van der Waals surface area contributed by atoms with Crippen molar-refractivity contribution in [2.75, 3.05) is 18.0 Å². The molecule has 1 aromatic heterocycles. The van der Waals surface area contributed by atoms with Crippen molar-refractivity contribution >= 4 is 29.0 Å². The van der Waals surface area contributed by atoms with Crippen molar-refractivity contribution in [3.05, 3.63) is 52.2 Å². The maximum absolute atomic E-state index is 12.3. The van der Waals surface area contributed by atoms with Crippen molar-refractivity contribution in [3.8, 4) is 0 Å². The van der Waals surface area contributed by atoms with Crippen molar-refractivity contribution in [1.82, 2.24) is 10.6 Å². The smallest absolute Gasteiger partial charge is 0.321 e. The van der Waals surface area contributed by atoms with E-state index < -0.39 is 6.03 Å². The number of fused-ring (bicyclic) bond motifs is 1. The average Bonchev–Trinajstić information content (AvgIpc) is 3.11. The van der Waals surface area contributed by atoms with Crippen LogP contribution in [-0.2, 0) is 17.6 Å². The topological polar surface area (TPSA) is 61.4 Å². The van der Waals surface area contributed by atoms with Crippen LogP contribution in [-0.4, -0.2) is 31.1 Å². The van der Waals surface area contributed by atoms with Crippen LogP contribution >= 0.6 is 11.3 Å². The predicted molar refractivity (Wildman–Crippen MR) is 101 cm³/mol. The molecule has 1 aromatic carbocycles. The van der Waals surface area contributed by atoms with E-state index in [1.165, 1.54) is 10.4 Å². The van der Waals surface area contributed by atoms with Gasteiger partial charge in [0.2, 0.25) is 5.91 Å². The molecule has 0 aliphatic carbocycles. The fraction of sp³-hybridized carbons (Fsp3) is 0.368. The van der Waals surface area contributed by atoms with E-state index in [0.717, 1.165) is 24.9 Å². The molecule has 1 aliphatic heterocycles. The second-order valence-electron chi connectivity index (χ2n) is 6.28. The number of carbonyl (C=O) groups excluding carboxylic acids is 2. The Morgan fingerprint density at radius 3 is 2.88 bits per heavy atom. The number of thiophene rings is 1. The zero-order valence-corrected chi connectivity index (χ0v) is 15.1. The Hall–Kier alpha value is -2.34. The average molecular weight is 357 g/mol. The fourth-order valence-corrected chi connectivity index (χ4v) is 3.83. The van der Waals surface area contributed by atoms with E-state index in [2.05, 4.69) is 28.5 Å². The Morgan fingerprint density at radius 2 is 2.08 bits per heavy atom. The lowest BCUT2D eigenvalue weighted by molar-refractivity contribution is -0.118. The summed E-state index contributed by atoms with van der Waals surface area (Å²) in [5.41, 5.74) is 2.35. The van der Waals surface area contributed by atoms with Crippen LogP contribution in [0.15, 0.2) is 41.8 Å². The summed E-state index contributed by atoms with van der Waals surface area (Å²) in [5.74, 6) is -0.280. The summed E-state index contributed by atoms with van der Waals surface area (Å²) in [5, 5.41) is 7.18. The summed E-state index contributed by atoms with van der Waals surface area (Å²) >= 11 is 1.66. The molecule has 1 aliphatic rings. The SMILES string of the molecule is C[C@@H]1CCc2ccccc2N1CC(=O)NC(=O)NCCc1cccs1. The summed E-state index contributed by atoms with van der Waals surface area (Å²) in [7, 11) is 0. The van der Waals surface area contributed by atoms with Gasteiger partial charge in [-0.05, 0) is 49.3 Å². The molecule has 0 radical (unpaired) electrons. The maximum atomic E-state index is 12.3. The van der Waals surface area contributed by atoms with Crippen molar-refractivity contribution in [1.29, 1.82) is 0 Å². The standard InChI is InChI=1S/C19H23N3O2S/c1-14-8-9-15-5-2-3-7-17(15)22(14)13-18(23)21-19(24)20-11-10-16-6-4-12-25-16/h2-7,12,14H,8-11,13H2,1H3,(H2,20,21,23,24)/t14-/m1/s1. The number of rotatable bonds is 5. The van der Waals surface area contributed by atoms with Gasteiger partial charge in [-0.3, -0.25) is 10.1 Å². The summed E-state index contributed by atoms with van der Waals surface area (Å²) in [6.07, 6.45) is 2.81. The quantitative estimate of drug-likeness (QED) is 0.865. The molecule has 25 heavy (non-hydrogen) atoms. The van der Waals surface area contributed by atoms with Gasteiger partial charge in [0.05, 0.1) is 6.54 Å². The van der Waals surface area contributed by atoms with Gasteiger partial charge in [-0.15, -0.1) is 11.3 Å². The van der Waals surface area contributed by atoms with E-state index >= 15 is 0 Å². The highest BCUT2D eigenvalue weighted by Gasteiger charge is 2.24. The number of amides is 3. The van der Waals surface area contributed by atoms with Crippen LogP contribution in [0, 0.1) is 0 Å². The van der Waals surface area contributed by atoms with Crippen LogP contribution in [0.4, 0.5) is 10.5 Å². The number of imide groups is 1. The number of para-hydroxylation sites is 1. The Kier molecular flexibility index (Phi) is 5.71. The number of hydrogen-bond donors (Lipinski definition) is 2. The van der Waals surface area contributed by atoms with Gasteiger partial charge in [0, 0.05) is 23.2 Å². The molecule has 0 fully saturated rings. The molecule has 3 rings (SSSR count). The van der Waals surface area contributed by atoms with Crippen LogP contribution in [0.3, 0.4) is 0 Å². The normalized spacial score (nSPS) is 16.2. The lowest BCUT2D eigenvalue weighted by Gasteiger charge is -2.36. The number of hydrogen-bond acceptors (Lipinski definition) is 4. The van der Waals surface area contributed by atoms with Crippen molar-refractivity contribution in [2.45, 2.75) is 32.2 Å². The zero-order valence-electron chi connectivity index (χ0n) is 14.3. The molecule has 2 heterocycles. The molecular weight excluding hydrogens is 334 g/mol. The van der Waals surface area contributed by atoms with Gasteiger partial charge in [0.15, 0.2) is 0 Å². The monoisotopic (exact) mass is 357 g/mol. The van der Waals surface area contributed by atoms with E-state index in [-0.39, 0.29) is 18.5 Å². The minimum atomic E-state index is -0.431.